The number of hydrogen-bond donors (Lipinski definition) is 2. The Morgan fingerprint density at radius 3 is 2.33 bits per heavy atom. The third kappa shape index (κ3) is 7.15. The molecule has 0 unspecified atom stereocenters. The normalized spacial score (nSPS) is 12.1. The predicted molar refractivity (Wildman–Crippen MR) is 165 cm³/mol. The number of nitrogens with zero attached hydrogens (tertiary/aromatic N) is 4. The lowest BCUT2D eigenvalue weighted by molar-refractivity contribution is -0.147. The molecule has 0 radical (unpaired) electrons. The number of nitrogens with one attached hydrogen (secondary N) is 2. The Morgan fingerprint density at radius 2 is 1.71 bits per heavy atom. The van der Waals surface area contributed by atoms with Crippen LogP contribution in [-0.4, -0.2) is 66.6 Å². The maximum Gasteiger partial charge on any atom is 0.344 e. The average molecular weight is 641 g/mol. The van der Waals surface area contributed by atoms with E-state index in [2.05, 4.69) is 15.1 Å². The zero-order valence-corrected chi connectivity index (χ0v) is 26.7. The maximum absolute atomic E-state index is 14.0. The Morgan fingerprint density at radius 1 is 1.02 bits per heavy atom. The van der Waals surface area contributed by atoms with Crippen molar-refractivity contribution in [2.45, 2.75) is 51.2 Å². The van der Waals surface area contributed by atoms with Gasteiger partial charge >= 0.3 is 5.97 Å². The molecule has 240 valence electrons. The van der Waals surface area contributed by atoms with Gasteiger partial charge in [0.05, 0.1) is 31.4 Å². The number of esters is 1. The molecule has 2 heterocycles. The lowest BCUT2D eigenvalue weighted by Crippen LogP contribution is -2.54. The highest BCUT2D eigenvalue weighted by Gasteiger charge is 2.29. The molecule has 14 nitrogen and oxygen atoms in total. The standard InChI is InChI=1S/C30H36N6O8S/c1-7-9-21-25-26(35(4)33-21)29(38)36(28(32-25)19-12-15-22(42-5)23(16-19)43-6)17-24(37)31-27(30(39)44-8-2)34-45(40,41)20-13-10-18(3)11-14-20/h10-16,27,34H,7-9,17H2,1-6H3,(H,31,37)/t27-/m1/s1. The van der Waals surface area contributed by atoms with Crippen LogP contribution in [0.5, 0.6) is 11.5 Å². The molecular formula is C30H36N6O8S. The molecule has 0 aliphatic heterocycles. The zero-order valence-electron chi connectivity index (χ0n) is 25.9. The summed E-state index contributed by atoms with van der Waals surface area (Å²) >= 11 is 0. The van der Waals surface area contributed by atoms with Crippen molar-refractivity contribution >= 4 is 32.9 Å². The van der Waals surface area contributed by atoms with Crippen LogP contribution in [0.2, 0.25) is 0 Å². The minimum atomic E-state index is -4.25. The molecule has 0 saturated carbocycles. The maximum atomic E-state index is 14.0. The van der Waals surface area contributed by atoms with Gasteiger partial charge in [-0.3, -0.25) is 18.8 Å². The highest BCUT2D eigenvalue weighted by Crippen LogP contribution is 2.32. The molecule has 2 aromatic heterocycles. The Bertz CT molecular complexity index is 1880. The Hall–Kier alpha value is -4.76. The topological polar surface area (TPSA) is 173 Å². The van der Waals surface area contributed by atoms with Crippen LogP contribution in [0.25, 0.3) is 22.4 Å². The van der Waals surface area contributed by atoms with Gasteiger partial charge in [-0.25, -0.2) is 18.2 Å². The summed E-state index contributed by atoms with van der Waals surface area (Å²) in [7, 11) is 0.313. The van der Waals surface area contributed by atoms with Crippen LogP contribution in [0.3, 0.4) is 0 Å². The number of rotatable bonds is 13. The summed E-state index contributed by atoms with van der Waals surface area (Å²) in [6, 6.07) is 10.9. The zero-order chi connectivity index (χ0) is 32.9. The van der Waals surface area contributed by atoms with E-state index in [4.69, 9.17) is 19.2 Å². The van der Waals surface area contributed by atoms with Crippen LogP contribution in [0.15, 0.2) is 52.2 Å². The van der Waals surface area contributed by atoms with Crippen molar-refractivity contribution in [2.75, 3.05) is 20.8 Å². The van der Waals surface area contributed by atoms with Gasteiger partial charge in [-0.15, -0.1) is 0 Å². The summed E-state index contributed by atoms with van der Waals surface area (Å²) in [6.07, 6.45) is -0.450. The molecule has 0 fully saturated rings. The highest BCUT2D eigenvalue weighted by atomic mass is 32.2. The first kappa shape index (κ1) is 33.1. The lowest BCUT2D eigenvalue weighted by atomic mass is 10.1. The van der Waals surface area contributed by atoms with Crippen molar-refractivity contribution in [3.8, 4) is 22.9 Å². The quantitative estimate of drug-likeness (QED) is 0.163. The van der Waals surface area contributed by atoms with E-state index in [1.165, 1.54) is 31.0 Å². The highest BCUT2D eigenvalue weighted by molar-refractivity contribution is 7.89. The summed E-state index contributed by atoms with van der Waals surface area (Å²) in [5.41, 5.74) is 1.90. The first-order valence-corrected chi connectivity index (χ1v) is 15.7. The summed E-state index contributed by atoms with van der Waals surface area (Å²) in [6.45, 7) is 4.63. The van der Waals surface area contributed by atoms with Crippen LogP contribution in [-0.2, 0) is 44.4 Å². The number of amides is 1. The Labute approximate surface area is 260 Å². The number of carbonyl (C=O) groups excluding carboxylic acids is 2. The fourth-order valence-corrected chi connectivity index (χ4v) is 5.81. The van der Waals surface area contributed by atoms with Gasteiger partial charge in [0.1, 0.15) is 17.9 Å². The fraction of sp³-hybridized carbons (Fsp3) is 0.367. The molecule has 2 aromatic carbocycles. The van der Waals surface area contributed by atoms with Crippen molar-refractivity contribution < 1.29 is 32.2 Å². The number of benzene rings is 2. The van der Waals surface area contributed by atoms with Gasteiger partial charge in [0, 0.05) is 12.6 Å². The van der Waals surface area contributed by atoms with E-state index in [9.17, 15) is 22.8 Å². The minimum Gasteiger partial charge on any atom is -0.493 e. The Kier molecular flexibility index (Phi) is 10.2. The van der Waals surface area contributed by atoms with Gasteiger partial charge in [0.2, 0.25) is 15.9 Å². The van der Waals surface area contributed by atoms with E-state index in [0.29, 0.717) is 34.7 Å². The lowest BCUT2D eigenvalue weighted by Gasteiger charge is -2.20. The van der Waals surface area contributed by atoms with E-state index >= 15 is 0 Å². The molecule has 1 amide bonds. The largest absolute Gasteiger partial charge is 0.493 e. The van der Waals surface area contributed by atoms with Crippen molar-refractivity contribution in [3.63, 3.8) is 0 Å². The number of sulfonamides is 1. The second kappa shape index (κ2) is 13.9. The molecule has 1 atom stereocenters. The van der Waals surface area contributed by atoms with Gasteiger partial charge < -0.3 is 19.5 Å². The number of hydrogen-bond acceptors (Lipinski definition) is 10. The van der Waals surface area contributed by atoms with Crippen LogP contribution >= 0.6 is 0 Å². The van der Waals surface area contributed by atoms with Crippen molar-refractivity contribution in [2.24, 2.45) is 7.05 Å². The molecule has 4 rings (SSSR count). The second-order valence-corrected chi connectivity index (χ2v) is 11.8. The van der Waals surface area contributed by atoms with Crippen LogP contribution in [0.4, 0.5) is 0 Å². The minimum absolute atomic E-state index is 0.0679. The van der Waals surface area contributed by atoms with Gasteiger partial charge in [0.25, 0.3) is 5.56 Å². The van der Waals surface area contributed by atoms with E-state index in [0.717, 1.165) is 16.6 Å². The fourth-order valence-electron chi connectivity index (χ4n) is 4.72. The average Bonchev–Trinajstić information content (AvgIpc) is 3.32. The third-order valence-electron chi connectivity index (χ3n) is 6.88. The first-order chi connectivity index (χ1) is 21.4. The van der Waals surface area contributed by atoms with Crippen LogP contribution in [0, 0.1) is 6.92 Å². The number of fused-ring (bicyclic) bond motifs is 1. The number of aryl methyl sites for hydroxylation is 3. The molecule has 0 spiro atoms. The first-order valence-electron chi connectivity index (χ1n) is 14.2. The SMILES string of the molecule is CCCc1nn(C)c2c(=O)n(CC(=O)N[C@H](NS(=O)(=O)c3ccc(C)cc3)C(=O)OCC)c(-c3ccc(OC)c(OC)c3)nc12. The van der Waals surface area contributed by atoms with Crippen molar-refractivity contribution in [1.29, 1.82) is 0 Å². The molecule has 2 N–H and O–H groups in total. The van der Waals surface area contributed by atoms with E-state index < -0.39 is 40.2 Å². The summed E-state index contributed by atoms with van der Waals surface area (Å²) in [5, 5.41) is 6.84. The van der Waals surface area contributed by atoms with Crippen molar-refractivity contribution in [3.05, 3.63) is 64.1 Å². The van der Waals surface area contributed by atoms with Gasteiger partial charge in [0.15, 0.2) is 23.2 Å². The number of methoxy groups -OCH3 is 2. The molecular weight excluding hydrogens is 604 g/mol. The molecule has 0 aliphatic carbocycles. The molecule has 15 heteroatoms. The Balaban J connectivity index is 1.77. The van der Waals surface area contributed by atoms with Crippen LogP contribution in [0.1, 0.15) is 31.5 Å². The van der Waals surface area contributed by atoms with Gasteiger partial charge in [-0.2, -0.15) is 9.82 Å². The van der Waals surface area contributed by atoms with Gasteiger partial charge in [-0.05, 0) is 50.6 Å². The smallest absolute Gasteiger partial charge is 0.344 e. The molecule has 0 bridgehead atoms. The summed E-state index contributed by atoms with van der Waals surface area (Å²) in [5.74, 6) is -0.950. The summed E-state index contributed by atoms with van der Waals surface area (Å²) in [4.78, 5) is 44.9. The second-order valence-electron chi connectivity index (χ2n) is 10.1. The monoisotopic (exact) mass is 640 g/mol. The van der Waals surface area contributed by atoms with Crippen molar-refractivity contribution in [1.82, 2.24) is 29.4 Å². The molecule has 0 aliphatic rings. The van der Waals surface area contributed by atoms with Gasteiger partial charge in [-0.1, -0.05) is 31.0 Å². The third-order valence-corrected chi connectivity index (χ3v) is 8.31. The molecule has 45 heavy (non-hydrogen) atoms. The predicted octanol–water partition coefficient (Wildman–Crippen LogP) is 2.06. The number of aromatic nitrogens is 4. The summed E-state index contributed by atoms with van der Waals surface area (Å²) < 4.78 is 46.7. The van der Waals surface area contributed by atoms with E-state index in [1.807, 2.05) is 6.92 Å². The number of carbonyl (C=O) groups is 2. The van der Waals surface area contributed by atoms with Crippen LogP contribution < -0.4 is 25.1 Å². The number of ether oxygens (including phenoxy) is 3. The van der Waals surface area contributed by atoms with E-state index in [1.54, 1.807) is 51.2 Å². The molecule has 0 saturated heterocycles. The van der Waals surface area contributed by atoms with E-state index in [-0.39, 0.29) is 22.8 Å². The molecule has 4 aromatic rings.